The van der Waals surface area contributed by atoms with E-state index in [1.807, 2.05) is 0 Å². The molecule has 2 aromatic rings. The smallest absolute Gasteiger partial charge is 0.410 e. The van der Waals surface area contributed by atoms with Crippen molar-refractivity contribution < 1.29 is 28.6 Å². The van der Waals surface area contributed by atoms with E-state index in [0.717, 1.165) is 11.6 Å². The summed E-state index contributed by atoms with van der Waals surface area (Å²) >= 11 is 0. The van der Waals surface area contributed by atoms with Crippen LogP contribution in [0.4, 0.5) is 4.79 Å². The first-order valence-corrected chi connectivity index (χ1v) is 9.14. The number of hydrogen-bond donors (Lipinski definition) is 1. The predicted octanol–water partition coefficient (Wildman–Crippen LogP) is 2.76. The van der Waals surface area contributed by atoms with Crippen molar-refractivity contribution in [1.82, 2.24) is 4.90 Å². The van der Waals surface area contributed by atoms with Gasteiger partial charge in [0.25, 0.3) is 0 Å². The van der Waals surface area contributed by atoms with Crippen molar-refractivity contribution in [3.8, 4) is 5.75 Å². The Hall–Kier alpha value is -3.55. The van der Waals surface area contributed by atoms with Crippen LogP contribution in [0, 0.1) is 0 Å². The van der Waals surface area contributed by atoms with Crippen molar-refractivity contribution in [2.75, 3.05) is 19.8 Å². The summed E-state index contributed by atoms with van der Waals surface area (Å²) in [7, 11) is 0. The fourth-order valence-corrected chi connectivity index (χ4v) is 3.22. The largest absolute Gasteiger partial charge is 0.507 e. The van der Waals surface area contributed by atoms with Gasteiger partial charge in [-0.2, -0.15) is 0 Å². The highest BCUT2D eigenvalue weighted by molar-refractivity contribution is 5.95. The number of fused-ring (bicyclic) bond motifs is 3. The zero-order valence-corrected chi connectivity index (χ0v) is 16.0. The lowest BCUT2D eigenvalue weighted by Gasteiger charge is -2.27. The summed E-state index contributed by atoms with van der Waals surface area (Å²) in [4.78, 5) is 37.7. The number of phenols is 1. The van der Waals surface area contributed by atoms with Gasteiger partial charge in [0.05, 0.1) is 24.3 Å². The van der Waals surface area contributed by atoms with Crippen LogP contribution in [0.3, 0.4) is 0 Å². The lowest BCUT2D eigenvalue weighted by molar-refractivity contribution is -0.137. The predicted molar refractivity (Wildman–Crippen MR) is 105 cm³/mol. The summed E-state index contributed by atoms with van der Waals surface area (Å²) in [6.07, 6.45) is 3.88. The van der Waals surface area contributed by atoms with Crippen LogP contribution in [0.5, 0.6) is 5.75 Å². The van der Waals surface area contributed by atoms with Crippen LogP contribution in [0.1, 0.15) is 23.6 Å². The Morgan fingerprint density at radius 1 is 1.31 bits per heavy atom. The molecule has 0 spiro atoms. The molecule has 1 aliphatic heterocycles. The molecule has 0 saturated heterocycles. The molecule has 1 N–H and O–H groups in total. The number of esters is 1. The number of carbonyl (C=O) groups is 2. The number of benzene rings is 1. The molecule has 8 nitrogen and oxygen atoms in total. The second-order valence-electron chi connectivity index (χ2n) is 6.34. The first kappa shape index (κ1) is 20.2. The summed E-state index contributed by atoms with van der Waals surface area (Å²) in [5.41, 5.74) is 0.894. The van der Waals surface area contributed by atoms with Crippen molar-refractivity contribution in [3.63, 3.8) is 0 Å². The van der Waals surface area contributed by atoms with Crippen molar-refractivity contribution in [3.05, 3.63) is 58.0 Å². The van der Waals surface area contributed by atoms with E-state index in [2.05, 4.69) is 6.58 Å². The zero-order chi connectivity index (χ0) is 21.0. The average molecular weight is 399 g/mol. The highest BCUT2D eigenvalue weighted by Gasteiger charge is 2.27. The zero-order valence-electron chi connectivity index (χ0n) is 16.0. The van der Waals surface area contributed by atoms with Crippen molar-refractivity contribution in [2.45, 2.75) is 19.9 Å². The van der Waals surface area contributed by atoms with Gasteiger partial charge in [0.15, 0.2) is 0 Å². The lowest BCUT2D eigenvalue weighted by atomic mass is 9.96. The Balaban J connectivity index is 2.01. The third-order valence-corrected chi connectivity index (χ3v) is 4.54. The second kappa shape index (κ2) is 8.64. The number of carbonyl (C=O) groups excluding carboxylic acids is 2. The Morgan fingerprint density at radius 2 is 2.10 bits per heavy atom. The molecule has 0 atom stereocenters. The minimum atomic E-state index is -0.606. The molecule has 3 rings (SSSR count). The Labute approximate surface area is 166 Å². The molecule has 0 bridgehead atoms. The molecule has 8 heteroatoms. The van der Waals surface area contributed by atoms with E-state index in [1.165, 1.54) is 23.1 Å². The minimum Gasteiger partial charge on any atom is -0.507 e. The molecule has 1 amide bonds. The van der Waals surface area contributed by atoms with Gasteiger partial charge in [-0.1, -0.05) is 12.7 Å². The Morgan fingerprint density at radius 3 is 2.83 bits per heavy atom. The average Bonchev–Trinajstić information content (AvgIpc) is 2.71. The van der Waals surface area contributed by atoms with Crippen LogP contribution in [-0.4, -0.2) is 41.8 Å². The lowest BCUT2D eigenvalue weighted by Crippen LogP contribution is -2.38. The van der Waals surface area contributed by atoms with Gasteiger partial charge in [-0.3, -0.25) is 0 Å². The van der Waals surface area contributed by atoms with Gasteiger partial charge in [-0.05, 0) is 37.1 Å². The fraction of sp³-hybridized carbons (Fsp3) is 0.286. The molecule has 2 heterocycles. The highest BCUT2D eigenvalue weighted by atomic mass is 16.6. The van der Waals surface area contributed by atoms with Crippen LogP contribution in [0.25, 0.3) is 17.0 Å². The van der Waals surface area contributed by atoms with Crippen LogP contribution in [-0.2, 0) is 27.2 Å². The molecular formula is C21H21NO7. The minimum absolute atomic E-state index is 0.0679. The summed E-state index contributed by atoms with van der Waals surface area (Å²) in [6, 6.07) is 3.12. The van der Waals surface area contributed by atoms with E-state index in [1.54, 1.807) is 13.0 Å². The SMILES string of the molecule is C=CCOC(=O)N1CCc2c(c(=O)oc3c(/C=C/C(=O)OCC)c(O)ccc23)C1. The van der Waals surface area contributed by atoms with Crippen LogP contribution in [0.2, 0.25) is 0 Å². The van der Waals surface area contributed by atoms with Crippen molar-refractivity contribution >= 4 is 29.1 Å². The van der Waals surface area contributed by atoms with Gasteiger partial charge in [0.2, 0.25) is 0 Å². The number of nitrogens with zero attached hydrogens (tertiary/aromatic N) is 1. The summed E-state index contributed by atoms with van der Waals surface area (Å²) in [5.74, 6) is -0.704. The Kier molecular flexibility index (Phi) is 6.01. The first-order chi connectivity index (χ1) is 14.0. The summed E-state index contributed by atoms with van der Waals surface area (Å²) < 4.78 is 15.3. The van der Waals surface area contributed by atoms with E-state index in [0.29, 0.717) is 23.9 Å². The maximum Gasteiger partial charge on any atom is 0.410 e. The van der Waals surface area contributed by atoms with Gasteiger partial charge in [0.1, 0.15) is 17.9 Å². The van der Waals surface area contributed by atoms with E-state index < -0.39 is 17.7 Å². The number of hydrogen-bond acceptors (Lipinski definition) is 7. The molecular weight excluding hydrogens is 378 g/mol. The highest BCUT2D eigenvalue weighted by Crippen LogP contribution is 2.32. The first-order valence-electron chi connectivity index (χ1n) is 9.14. The quantitative estimate of drug-likeness (QED) is 0.357. The maximum atomic E-state index is 12.6. The number of aromatic hydroxyl groups is 1. The van der Waals surface area contributed by atoms with Crippen LogP contribution in [0.15, 0.2) is 40.1 Å². The van der Waals surface area contributed by atoms with Gasteiger partial charge in [0, 0.05) is 18.0 Å². The van der Waals surface area contributed by atoms with Crippen LogP contribution < -0.4 is 5.63 Å². The molecule has 0 unspecified atom stereocenters. The monoisotopic (exact) mass is 399 g/mol. The van der Waals surface area contributed by atoms with Crippen LogP contribution >= 0.6 is 0 Å². The molecule has 0 aliphatic carbocycles. The fourth-order valence-electron chi connectivity index (χ4n) is 3.22. The standard InChI is InChI=1S/C21H21NO7/c1-3-11-28-21(26)22-10-9-13-14-5-7-17(23)15(6-8-18(24)27-4-2)19(14)29-20(25)16(13)12-22/h3,5-8,23H,1,4,9-12H2,2H3/b8-6+. The number of rotatable bonds is 5. The van der Waals surface area contributed by atoms with Gasteiger partial charge >= 0.3 is 17.7 Å². The molecule has 0 radical (unpaired) electrons. The molecule has 0 saturated carbocycles. The van der Waals surface area contributed by atoms with Gasteiger partial charge in [-0.15, -0.1) is 0 Å². The summed E-state index contributed by atoms with van der Waals surface area (Å²) in [5, 5.41) is 10.8. The molecule has 0 fully saturated rings. The topological polar surface area (TPSA) is 106 Å². The molecule has 29 heavy (non-hydrogen) atoms. The summed E-state index contributed by atoms with van der Waals surface area (Å²) in [6.45, 7) is 5.93. The van der Waals surface area contributed by atoms with Gasteiger partial charge < -0.3 is 23.9 Å². The third kappa shape index (κ3) is 4.16. The molecule has 1 aliphatic rings. The van der Waals surface area contributed by atoms with E-state index >= 15 is 0 Å². The third-order valence-electron chi connectivity index (χ3n) is 4.54. The van der Waals surface area contributed by atoms with Crippen molar-refractivity contribution in [1.29, 1.82) is 0 Å². The van der Waals surface area contributed by atoms with E-state index in [-0.39, 0.29) is 36.7 Å². The van der Waals surface area contributed by atoms with E-state index in [9.17, 15) is 19.5 Å². The van der Waals surface area contributed by atoms with Crippen molar-refractivity contribution in [2.24, 2.45) is 0 Å². The normalized spacial score (nSPS) is 13.3. The molecule has 1 aromatic carbocycles. The number of phenolic OH excluding ortho intramolecular Hbond substituents is 1. The Bertz CT molecular complexity index is 1050. The number of ether oxygens (including phenoxy) is 2. The number of amides is 1. The maximum absolute atomic E-state index is 12.6. The molecule has 152 valence electrons. The van der Waals surface area contributed by atoms with E-state index in [4.69, 9.17) is 13.9 Å². The second-order valence-corrected chi connectivity index (χ2v) is 6.34. The van der Waals surface area contributed by atoms with Gasteiger partial charge in [-0.25, -0.2) is 14.4 Å². The molecule has 1 aromatic heterocycles.